The molecule has 0 radical (unpaired) electrons. The van der Waals surface area contributed by atoms with Crippen LogP contribution in [-0.4, -0.2) is 59.9 Å². The average Bonchev–Trinajstić information content (AvgIpc) is 2.50. The molecule has 0 fully saturated rings. The van der Waals surface area contributed by atoms with Gasteiger partial charge in [-0.25, -0.2) is 4.79 Å². The highest BCUT2D eigenvalue weighted by Crippen LogP contribution is 2.04. The fourth-order valence-electron chi connectivity index (χ4n) is 1.89. The van der Waals surface area contributed by atoms with Crippen molar-refractivity contribution in [2.75, 3.05) is 13.1 Å². The topological polar surface area (TPSA) is 194 Å². The van der Waals surface area contributed by atoms with Crippen LogP contribution in [-0.2, 0) is 24.0 Å². The number of amides is 4. The Hall–Kier alpha value is -2.69. The molecule has 142 valence electrons. The van der Waals surface area contributed by atoms with E-state index in [0.717, 1.165) is 0 Å². The van der Waals surface area contributed by atoms with Gasteiger partial charge in [0.1, 0.15) is 12.1 Å². The Morgan fingerprint density at radius 1 is 1.00 bits per heavy atom. The second-order valence-electron chi connectivity index (χ2n) is 5.80. The first kappa shape index (κ1) is 22.3. The molecule has 0 aliphatic rings. The summed E-state index contributed by atoms with van der Waals surface area (Å²) in [6.07, 6.45) is -0.240. The zero-order valence-corrected chi connectivity index (χ0v) is 14.2. The number of carbonyl (C=O) groups excluding carboxylic acids is 4. The molecular formula is C14H25N5O6. The van der Waals surface area contributed by atoms with Crippen LogP contribution in [0.25, 0.3) is 0 Å². The summed E-state index contributed by atoms with van der Waals surface area (Å²) in [5.41, 5.74) is 10.1. The molecule has 0 aromatic heterocycles. The molecule has 2 unspecified atom stereocenters. The smallest absolute Gasteiger partial charge is 0.326 e. The van der Waals surface area contributed by atoms with E-state index in [1.807, 2.05) is 0 Å². The largest absolute Gasteiger partial charge is 0.480 e. The highest BCUT2D eigenvalue weighted by molar-refractivity contribution is 5.94. The number of nitrogens with two attached hydrogens (primary N) is 2. The molecule has 0 aromatic rings. The highest BCUT2D eigenvalue weighted by atomic mass is 16.4. The van der Waals surface area contributed by atoms with E-state index in [-0.39, 0.29) is 12.3 Å². The first-order valence-electron chi connectivity index (χ1n) is 7.64. The number of rotatable bonds is 11. The highest BCUT2D eigenvalue weighted by Gasteiger charge is 2.24. The number of primary amides is 1. The Balaban J connectivity index is 4.64. The van der Waals surface area contributed by atoms with E-state index < -0.39 is 61.2 Å². The molecule has 0 saturated carbocycles. The molecule has 11 nitrogen and oxygen atoms in total. The summed E-state index contributed by atoms with van der Waals surface area (Å²) < 4.78 is 0. The van der Waals surface area contributed by atoms with E-state index in [2.05, 4.69) is 16.0 Å². The third-order valence-electron chi connectivity index (χ3n) is 3.01. The van der Waals surface area contributed by atoms with E-state index in [1.54, 1.807) is 13.8 Å². The van der Waals surface area contributed by atoms with Gasteiger partial charge in [0.15, 0.2) is 0 Å². The number of carboxylic acid groups (broad SMARTS) is 1. The van der Waals surface area contributed by atoms with Crippen molar-refractivity contribution in [2.45, 2.75) is 38.8 Å². The van der Waals surface area contributed by atoms with Gasteiger partial charge in [0.2, 0.25) is 23.6 Å². The first-order chi connectivity index (χ1) is 11.6. The molecular weight excluding hydrogens is 334 g/mol. The van der Waals surface area contributed by atoms with Gasteiger partial charge < -0.3 is 32.5 Å². The maximum Gasteiger partial charge on any atom is 0.326 e. The minimum Gasteiger partial charge on any atom is -0.480 e. The van der Waals surface area contributed by atoms with E-state index in [9.17, 15) is 24.0 Å². The molecule has 0 aromatic carbocycles. The van der Waals surface area contributed by atoms with Crippen LogP contribution in [0.1, 0.15) is 26.7 Å². The Morgan fingerprint density at radius 3 is 2.00 bits per heavy atom. The summed E-state index contributed by atoms with van der Waals surface area (Å²) >= 11 is 0. The first-order valence-corrected chi connectivity index (χ1v) is 7.64. The molecule has 0 heterocycles. The normalized spacial score (nSPS) is 12.8. The van der Waals surface area contributed by atoms with Crippen LogP contribution in [0, 0.1) is 5.92 Å². The Bertz CT molecular complexity index is 522. The quantitative estimate of drug-likeness (QED) is 0.227. The van der Waals surface area contributed by atoms with Crippen LogP contribution >= 0.6 is 0 Å². The monoisotopic (exact) mass is 359 g/mol. The fraction of sp³-hybridized carbons (Fsp3) is 0.643. The minimum absolute atomic E-state index is 0.0439. The lowest BCUT2D eigenvalue weighted by molar-refractivity contribution is -0.142. The van der Waals surface area contributed by atoms with Crippen molar-refractivity contribution in [2.24, 2.45) is 17.4 Å². The average molecular weight is 359 g/mol. The van der Waals surface area contributed by atoms with Crippen LogP contribution in [0.4, 0.5) is 0 Å². The summed E-state index contributed by atoms with van der Waals surface area (Å²) in [6.45, 7) is 2.70. The SMILES string of the molecule is CC(C)CC(NC(=O)CNC(=O)C(CC(N)=O)NC(=O)CN)C(=O)O. The van der Waals surface area contributed by atoms with Crippen molar-refractivity contribution < 1.29 is 29.1 Å². The molecule has 0 spiro atoms. The van der Waals surface area contributed by atoms with E-state index >= 15 is 0 Å². The fourth-order valence-corrected chi connectivity index (χ4v) is 1.89. The van der Waals surface area contributed by atoms with E-state index in [0.29, 0.717) is 0 Å². The van der Waals surface area contributed by atoms with Crippen molar-refractivity contribution in [1.29, 1.82) is 0 Å². The van der Waals surface area contributed by atoms with Gasteiger partial charge in [0.05, 0.1) is 19.5 Å². The minimum atomic E-state index is -1.27. The number of hydrogen-bond acceptors (Lipinski definition) is 6. The van der Waals surface area contributed by atoms with Gasteiger partial charge in [0.25, 0.3) is 0 Å². The van der Waals surface area contributed by atoms with E-state index in [1.165, 1.54) is 0 Å². The van der Waals surface area contributed by atoms with Crippen molar-refractivity contribution in [3.8, 4) is 0 Å². The summed E-state index contributed by atoms with van der Waals surface area (Å²) in [5.74, 6) is -4.17. The number of hydrogen-bond donors (Lipinski definition) is 6. The maximum absolute atomic E-state index is 12.0. The summed E-state index contributed by atoms with van der Waals surface area (Å²) in [7, 11) is 0. The molecule has 0 aliphatic heterocycles. The molecule has 0 bridgehead atoms. The number of carbonyl (C=O) groups is 5. The van der Waals surface area contributed by atoms with Gasteiger partial charge in [-0.05, 0) is 12.3 Å². The third-order valence-corrected chi connectivity index (χ3v) is 3.01. The van der Waals surface area contributed by atoms with Crippen LogP contribution in [0.3, 0.4) is 0 Å². The Morgan fingerprint density at radius 2 is 1.56 bits per heavy atom. The zero-order chi connectivity index (χ0) is 19.6. The van der Waals surface area contributed by atoms with Crippen LogP contribution < -0.4 is 27.4 Å². The Kier molecular flexibility index (Phi) is 9.79. The van der Waals surface area contributed by atoms with Gasteiger partial charge in [0, 0.05) is 0 Å². The Labute approximate surface area is 144 Å². The maximum atomic E-state index is 12.0. The van der Waals surface area contributed by atoms with Gasteiger partial charge in [-0.2, -0.15) is 0 Å². The predicted octanol–water partition coefficient (Wildman–Crippen LogP) is -2.96. The van der Waals surface area contributed by atoms with Crippen molar-refractivity contribution in [1.82, 2.24) is 16.0 Å². The third kappa shape index (κ3) is 9.91. The lowest BCUT2D eigenvalue weighted by Crippen LogP contribution is -2.52. The summed E-state index contributed by atoms with van der Waals surface area (Å²) in [6, 6.07) is -2.35. The zero-order valence-electron chi connectivity index (χ0n) is 14.2. The second kappa shape index (κ2) is 11.0. The standard InChI is InChI=1S/C14H25N5O6/c1-7(2)3-9(14(24)25)19-12(22)6-17-13(23)8(4-10(16)20)18-11(21)5-15/h7-9H,3-6,15H2,1-2H3,(H2,16,20)(H,17,23)(H,18,21)(H,19,22)(H,24,25). The van der Waals surface area contributed by atoms with Gasteiger partial charge in [-0.15, -0.1) is 0 Å². The van der Waals surface area contributed by atoms with Crippen molar-refractivity contribution >= 4 is 29.6 Å². The van der Waals surface area contributed by atoms with Crippen LogP contribution in [0.5, 0.6) is 0 Å². The second-order valence-corrected chi connectivity index (χ2v) is 5.80. The molecule has 2 atom stereocenters. The van der Waals surface area contributed by atoms with Gasteiger partial charge >= 0.3 is 5.97 Å². The van der Waals surface area contributed by atoms with Crippen LogP contribution in [0.2, 0.25) is 0 Å². The van der Waals surface area contributed by atoms with Gasteiger partial charge in [-0.3, -0.25) is 19.2 Å². The molecule has 0 saturated heterocycles. The number of nitrogens with one attached hydrogen (secondary N) is 3. The summed E-state index contributed by atoms with van der Waals surface area (Å²) in [5, 5.41) is 15.7. The number of carboxylic acids is 1. The van der Waals surface area contributed by atoms with Gasteiger partial charge in [-0.1, -0.05) is 13.8 Å². The molecule has 11 heteroatoms. The van der Waals surface area contributed by atoms with Crippen molar-refractivity contribution in [3.63, 3.8) is 0 Å². The molecule has 4 amide bonds. The van der Waals surface area contributed by atoms with E-state index in [4.69, 9.17) is 16.6 Å². The molecule has 0 aliphatic carbocycles. The summed E-state index contributed by atoms with van der Waals surface area (Å²) in [4.78, 5) is 57.0. The number of aliphatic carboxylic acids is 1. The van der Waals surface area contributed by atoms with Crippen LogP contribution in [0.15, 0.2) is 0 Å². The molecule has 8 N–H and O–H groups in total. The van der Waals surface area contributed by atoms with Crippen molar-refractivity contribution in [3.05, 3.63) is 0 Å². The lowest BCUT2D eigenvalue weighted by Gasteiger charge is -2.18. The molecule has 0 rings (SSSR count). The lowest BCUT2D eigenvalue weighted by atomic mass is 10.0. The molecule has 25 heavy (non-hydrogen) atoms. The predicted molar refractivity (Wildman–Crippen MR) is 86.8 cm³/mol.